The Morgan fingerprint density at radius 1 is 1.33 bits per heavy atom. The molecule has 0 aliphatic heterocycles. The van der Waals surface area contributed by atoms with Crippen LogP contribution in [0.5, 0.6) is 0 Å². The van der Waals surface area contributed by atoms with Crippen molar-refractivity contribution in [3.05, 3.63) is 40.7 Å². The second-order valence-electron chi connectivity index (χ2n) is 4.13. The third-order valence-electron chi connectivity index (χ3n) is 2.55. The number of nitrogens with one attached hydrogen (secondary N) is 2. The lowest BCUT2D eigenvalue weighted by Gasteiger charge is -2.07. The number of carbonyl (C=O) groups is 1. The second kappa shape index (κ2) is 8.35. The van der Waals surface area contributed by atoms with Gasteiger partial charge in [0.25, 0.3) is 5.91 Å². The summed E-state index contributed by atoms with van der Waals surface area (Å²) in [6, 6.07) is 7.19. The Balaban J connectivity index is 1.78. The molecule has 0 radical (unpaired) electrons. The molecule has 7 heteroatoms. The van der Waals surface area contributed by atoms with E-state index in [1.807, 2.05) is 11.4 Å². The van der Waals surface area contributed by atoms with Crippen LogP contribution in [0.25, 0.3) is 0 Å². The molecule has 0 fully saturated rings. The molecular formula is C14H17N3O3S. The topological polar surface area (TPSA) is 83.5 Å². The van der Waals surface area contributed by atoms with E-state index < -0.39 is 0 Å². The zero-order chi connectivity index (χ0) is 14.9. The molecule has 0 unspecified atom stereocenters. The fourth-order valence-electron chi connectivity index (χ4n) is 1.59. The third-order valence-corrected chi connectivity index (χ3v) is 3.42. The van der Waals surface area contributed by atoms with Gasteiger partial charge in [0.1, 0.15) is 5.82 Å². The first kappa shape index (κ1) is 15.4. The predicted molar refractivity (Wildman–Crippen MR) is 82.9 cm³/mol. The number of nitrogens with zero attached hydrogens (tertiary/aromatic N) is 1. The zero-order valence-corrected chi connectivity index (χ0v) is 12.2. The molecule has 2 rings (SSSR count). The highest BCUT2D eigenvalue weighted by Crippen LogP contribution is 2.14. The summed E-state index contributed by atoms with van der Waals surface area (Å²) in [6.07, 6.45) is 1.60. The quantitative estimate of drug-likeness (QED) is 0.648. The number of hydrogen-bond donors (Lipinski definition) is 3. The number of aliphatic hydroxyl groups is 1. The third kappa shape index (κ3) is 5.14. The smallest absolute Gasteiger partial charge is 0.265 e. The van der Waals surface area contributed by atoms with Crippen molar-refractivity contribution in [2.45, 2.75) is 0 Å². The van der Waals surface area contributed by atoms with Crippen LogP contribution in [0.3, 0.4) is 0 Å². The van der Waals surface area contributed by atoms with Crippen LogP contribution in [0.15, 0.2) is 35.8 Å². The van der Waals surface area contributed by atoms with Crippen molar-refractivity contribution in [1.29, 1.82) is 0 Å². The van der Waals surface area contributed by atoms with Crippen LogP contribution in [-0.2, 0) is 4.74 Å². The average molecular weight is 307 g/mol. The van der Waals surface area contributed by atoms with Crippen molar-refractivity contribution in [2.75, 3.05) is 37.0 Å². The van der Waals surface area contributed by atoms with Gasteiger partial charge in [-0.25, -0.2) is 4.98 Å². The molecule has 21 heavy (non-hydrogen) atoms. The number of aliphatic hydroxyl groups excluding tert-OH is 1. The number of aromatic nitrogens is 1. The lowest BCUT2D eigenvalue weighted by atomic mass is 10.3. The SMILES string of the molecule is O=C(Nc1ccc(NCCOCCO)nc1)c1cccs1. The fourth-order valence-corrected chi connectivity index (χ4v) is 2.21. The molecule has 0 aromatic carbocycles. The van der Waals surface area contributed by atoms with Crippen LogP contribution in [-0.4, -0.2) is 42.4 Å². The highest BCUT2D eigenvalue weighted by atomic mass is 32.1. The molecule has 6 nitrogen and oxygen atoms in total. The molecule has 112 valence electrons. The molecule has 3 N–H and O–H groups in total. The van der Waals surface area contributed by atoms with Gasteiger partial charge in [0.2, 0.25) is 0 Å². The average Bonchev–Trinajstić information content (AvgIpc) is 3.03. The minimum Gasteiger partial charge on any atom is -0.394 e. The monoisotopic (exact) mass is 307 g/mol. The number of thiophene rings is 1. The van der Waals surface area contributed by atoms with Gasteiger partial charge in [-0.15, -0.1) is 11.3 Å². The Hall–Kier alpha value is -1.96. The number of carbonyl (C=O) groups excluding carboxylic acids is 1. The van der Waals surface area contributed by atoms with Gasteiger partial charge in [0.05, 0.1) is 36.6 Å². The fraction of sp³-hybridized carbons (Fsp3) is 0.286. The Morgan fingerprint density at radius 2 is 2.24 bits per heavy atom. The van der Waals surface area contributed by atoms with E-state index in [-0.39, 0.29) is 12.5 Å². The normalized spacial score (nSPS) is 10.3. The lowest BCUT2D eigenvalue weighted by molar-refractivity contribution is 0.0992. The molecule has 2 heterocycles. The first-order valence-electron chi connectivity index (χ1n) is 6.53. The van der Waals surface area contributed by atoms with E-state index in [9.17, 15) is 4.79 Å². The first-order valence-corrected chi connectivity index (χ1v) is 7.41. The Bertz CT molecular complexity index is 543. The minimum atomic E-state index is -0.134. The van der Waals surface area contributed by atoms with Gasteiger partial charge in [0.15, 0.2) is 0 Å². The number of amides is 1. The molecule has 0 spiro atoms. The molecule has 0 aliphatic carbocycles. The summed E-state index contributed by atoms with van der Waals surface area (Å²) in [5.41, 5.74) is 0.649. The standard InChI is InChI=1S/C14H17N3O3S/c18-6-8-20-7-5-15-13-4-3-11(10-16-13)17-14(19)12-2-1-9-21-12/h1-4,9-10,18H,5-8H2,(H,15,16)(H,17,19). The van der Waals surface area contributed by atoms with Crippen LogP contribution in [0.2, 0.25) is 0 Å². The molecule has 0 aliphatic rings. The van der Waals surface area contributed by atoms with Gasteiger partial charge in [-0.2, -0.15) is 0 Å². The highest BCUT2D eigenvalue weighted by molar-refractivity contribution is 7.12. The number of ether oxygens (including phenoxy) is 1. The van der Waals surface area contributed by atoms with E-state index in [1.54, 1.807) is 24.4 Å². The van der Waals surface area contributed by atoms with E-state index in [0.717, 1.165) is 0 Å². The number of hydrogen-bond acceptors (Lipinski definition) is 6. The van der Waals surface area contributed by atoms with Crippen LogP contribution < -0.4 is 10.6 Å². The van der Waals surface area contributed by atoms with Crippen molar-refractivity contribution in [1.82, 2.24) is 4.98 Å². The van der Waals surface area contributed by atoms with Gasteiger partial charge >= 0.3 is 0 Å². The Kier molecular flexibility index (Phi) is 6.14. The summed E-state index contributed by atoms with van der Waals surface area (Å²) in [7, 11) is 0. The van der Waals surface area contributed by atoms with Crippen LogP contribution >= 0.6 is 11.3 Å². The molecule has 0 saturated carbocycles. The molecule has 2 aromatic rings. The highest BCUT2D eigenvalue weighted by Gasteiger charge is 2.06. The minimum absolute atomic E-state index is 0.0247. The van der Waals surface area contributed by atoms with Crippen LogP contribution in [0, 0.1) is 0 Å². The maximum absolute atomic E-state index is 11.9. The van der Waals surface area contributed by atoms with Gasteiger partial charge < -0.3 is 20.5 Å². The van der Waals surface area contributed by atoms with Crippen molar-refractivity contribution >= 4 is 28.7 Å². The summed E-state index contributed by atoms with van der Waals surface area (Å²) >= 11 is 1.39. The van der Waals surface area contributed by atoms with Crippen molar-refractivity contribution in [3.63, 3.8) is 0 Å². The van der Waals surface area contributed by atoms with Crippen molar-refractivity contribution < 1.29 is 14.6 Å². The zero-order valence-electron chi connectivity index (χ0n) is 11.4. The van der Waals surface area contributed by atoms with Gasteiger partial charge in [0, 0.05) is 6.54 Å². The maximum atomic E-state index is 11.9. The van der Waals surface area contributed by atoms with E-state index in [4.69, 9.17) is 9.84 Å². The Morgan fingerprint density at radius 3 is 2.90 bits per heavy atom. The number of rotatable bonds is 8. The van der Waals surface area contributed by atoms with E-state index in [0.29, 0.717) is 36.1 Å². The van der Waals surface area contributed by atoms with E-state index >= 15 is 0 Å². The van der Waals surface area contributed by atoms with E-state index in [1.165, 1.54) is 11.3 Å². The molecular weight excluding hydrogens is 290 g/mol. The van der Waals surface area contributed by atoms with Crippen molar-refractivity contribution in [2.24, 2.45) is 0 Å². The first-order chi connectivity index (χ1) is 10.3. The molecule has 0 saturated heterocycles. The Labute approximate surface area is 126 Å². The van der Waals surface area contributed by atoms with Gasteiger partial charge in [-0.05, 0) is 23.6 Å². The van der Waals surface area contributed by atoms with Crippen LogP contribution in [0.1, 0.15) is 9.67 Å². The summed E-state index contributed by atoms with van der Waals surface area (Å²) < 4.78 is 5.13. The summed E-state index contributed by atoms with van der Waals surface area (Å²) in [4.78, 5) is 16.7. The van der Waals surface area contributed by atoms with Gasteiger partial charge in [-0.1, -0.05) is 6.07 Å². The molecule has 0 atom stereocenters. The van der Waals surface area contributed by atoms with Crippen molar-refractivity contribution in [3.8, 4) is 0 Å². The number of pyridine rings is 1. The summed E-state index contributed by atoms with van der Waals surface area (Å²) in [5, 5.41) is 16.3. The lowest BCUT2D eigenvalue weighted by Crippen LogP contribution is -2.13. The van der Waals surface area contributed by atoms with E-state index in [2.05, 4.69) is 15.6 Å². The molecule has 0 bridgehead atoms. The summed E-state index contributed by atoms with van der Waals surface area (Å²) in [6.45, 7) is 1.46. The molecule has 1 amide bonds. The van der Waals surface area contributed by atoms with Gasteiger partial charge in [-0.3, -0.25) is 4.79 Å². The second-order valence-corrected chi connectivity index (χ2v) is 5.07. The molecule has 2 aromatic heterocycles. The number of anilines is 2. The summed E-state index contributed by atoms with van der Waals surface area (Å²) in [5.74, 6) is 0.571. The van der Waals surface area contributed by atoms with Crippen LogP contribution in [0.4, 0.5) is 11.5 Å². The maximum Gasteiger partial charge on any atom is 0.265 e. The predicted octanol–water partition coefficient (Wildman–Crippen LogP) is 1.82. The largest absolute Gasteiger partial charge is 0.394 e.